The lowest BCUT2D eigenvalue weighted by molar-refractivity contribution is 0.0746. The molecular weight excluding hydrogens is 388 g/mol. The van der Waals surface area contributed by atoms with E-state index in [9.17, 15) is 9.59 Å². The maximum atomic E-state index is 12.9. The molecule has 0 aromatic heterocycles. The zero-order valence-corrected chi connectivity index (χ0v) is 17.7. The van der Waals surface area contributed by atoms with Crippen molar-refractivity contribution in [3.63, 3.8) is 0 Å². The monoisotopic (exact) mass is 414 g/mol. The van der Waals surface area contributed by atoms with Crippen molar-refractivity contribution in [1.82, 2.24) is 4.90 Å². The van der Waals surface area contributed by atoms with Crippen LogP contribution >= 0.6 is 0 Å². The molecule has 3 aromatic rings. The molecule has 4 rings (SSSR count). The Morgan fingerprint density at radius 2 is 1.39 bits per heavy atom. The molecule has 1 fully saturated rings. The number of rotatable bonds is 6. The maximum Gasteiger partial charge on any atom is 0.253 e. The number of para-hydroxylation sites is 1. The summed E-state index contributed by atoms with van der Waals surface area (Å²) in [6, 6.07) is 25.0. The number of hydrogen-bond donors (Lipinski definition) is 0. The Bertz CT molecular complexity index is 1020. The molecule has 0 N–H and O–H groups in total. The number of ketones is 1. The topological polar surface area (TPSA) is 49.9 Å². The highest BCUT2D eigenvalue weighted by Crippen LogP contribution is 2.19. The summed E-state index contributed by atoms with van der Waals surface area (Å²) in [7, 11) is 0. The number of carbonyl (C=O) groups is 2. The Balaban J connectivity index is 1.30. The van der Waals surface area contributed by atoms with Crippen molar-refractivity contribution in [2.75, 3.05) is 31.1 Å². The van der Waals surface area contributed by atoms with Crippen LogP contribution in [0.3, 0.4) is 0 Å². The molecule has 1 heterocycles. The highest BCUT2D eigenvalue weighted by Gasteiger charge is 2.22. The lowest BCUT2D eigenvalue weighted by Gasteiger charge is -2.36. The van der Waals surface area contributed by atoms with Crippen LogP contribution in [0.5, 0.6) is 5.75 Å². The molecule has 0 bridgehead atoms. The van der Waals surface area contributed by atoms with E-state index >= 15 is 0 Å². The predicted octanol–water partition coefficient (Wildman–Crippen LogP) is 4.43. The first-order valence-corrected chi connectivity index (χ1v) is 10.5. The first-order valence-electron chi connectivity index (χ1n) is 10.5. The number of hydrogen-bond acceptors (Lipinski definition) is 4. The molecule has 0 saturated carbocycles. The van der Waals surface area contributed by atoms with Gasteiger partial charge < -0.3 is 14.5 Å². The standard InChI is InChI=1S/C26H26N2O3/c1-20(29)22-11-13-24(14-12-22)27-15-17-28(18-16-27)26(30)23-9-7-21(8-10-23)19-31-25-5-3-2-4-6-25/h2-14H,15-19H2,1H3. The Morgan fingerprint density at radius 1 is 0.774 bits per heavy atom. The highest BCUT2D eigenvalue weighted by molar-refractivity contribution is 5.95. The van der Waals surface area contributed by atoms with Gasteiger partial charge in [-0.25, -0.2) is 0 Å². The van der Waals surface area contributed by atoms with Crippen LogP contribution in [-0.4, -0.2) is 42.8 Å². The van der Waals surface area contributed by atoms with E-state index < -0.39 is 0 Å². The van der Waals surface area contributed by atoms with Crippen LogP contribution in [0.1, 0.15) is 33.2 Å². The first kappa shape index (κ1) is 20.7. The van der Waals surface area contributed by atoms with Crippen LogP contribution in [0.15, 0.2) is 78.9 Å². The SMILES string of the molecule is CC(=O)c1ccc(N2CCN(C(=O)c3ccc(COc4ccccc4)cc3)CC2)cc1. The average Bonchev–Trinajstić information content (AvgIpc) is 2.83. The molecular formula is C26H26N2O3. The second-order valence-corrected chi connectivity index (χ2v) is 7.68. The second kappa shape index (κ2) is 9.47. The van der Waals surface area contributed by atoms with Gasteiger partial charge in [0, 0.05) is 43.0 Å². The van der Waals surface area contributed by atoms with E-state index in [1.165, 1.54) is 0 Å². The molecule has 31 heavy (non-hydrogen) atoms. The molecule has 1 amide bonds. The third-order valence-corrected chi connectivity index (χ3v) is 5.56. The minimum absolute atomic E-state index is 0.0575. The van der Waals surface area contributed by atoms with Gasteiger partial charge in [0.1, 0.15) is 12.4 Å². The van der Waals surface area contributed by atoms with Gasteiger partial charge in [0.2, 0.25) is 0 Å². The second-order valence-electron chi connectivity index (χ2n) is 7.68. The Morgan fingerprint density at radius 3 is 2.00 bits per heavy atom. The summed E-state index contributed by atoms with van der Waals surface area (Å²) in [6.07, 6.45) is 0. The molecule has 3 aromatic carbocycles. The smallest absolute Gasteiger partial charge is 0.253 e. The van der Waals surface area contributed by atoms with Gasteiger partial charge in [0.05, 0.1) is 0 Å². The largest absolute Gasteiger partial charge is 0.489 e. The zero-order valence-electron chi connectivity index (χ0n) is 17.7. The van der Waals surface area contributed by atoms with Crippen molar-refractivity contribution in [2.45, 2.75) is 13.5 Å². The normalized spacial score (nSPS) is 13.7. The fraction of sp³-hybridized carbons (Fsp3) is 0.231. The van der Waals surface area contributed by atoms with Crippen LogP contribution in [0.4, 0.5) is 5.69 Å². The van der Waals surface area contributed by atoms with Gasteiger partial charge >= 0.3 is 0 Å². The van der Waals surface area contributed by atoms with E-state index in [1.54, 1.807) is 6.92 Å². The van der Waals surface area contributed by atoms with Crippen LogP contribution in [0.2, 0.25) is 0 Å². The Kier molecular flexibility index (Phi) is 6.32. The van der Waals surface area contributed by atoms with Crippen LogP contribution in [0.25, 0.3) is 0 Å². The summed E-state index contributed by atoms with van der Waals surface area (Å²) in [5, 5.41) is 0. The molecule has 1 saturated heterocycles. The third-order valence-electron chi connectivity index (χ3n) is 5.56. The summed E-state index contributed by atoms with van der Waals surface area (Å²) in [5.74, 6) is 0.957. The van der Waals surface area contributed by atoms with Crippen molar-refractivity contribution in [1.29, 1.82) is 0 Å². The number of benzene rings is 3. The van der Waals surface area contributed by atoms with Crippen molar-refractivity contribution in [3.05, 3.63) is 95.6 Å². The van der Waals surface area contributed by atoms with Gasteiger partial charge in [-0.2, -0.15) is 0 Å². The van der Waals surface area contributed by atoms with Gasteiger partial charge in [-0.1, -0.05) is 30.3 Å². The quantitative estimate of drug-likeness (QED) is 0.560. The number of carbonyl (C=O) groups excluding carboxylic acids is 2. The Hall–Kier alpha value is -3.60. The van der Waals surface area contributed by atoms with Gasteiger partial charge in [-0.15, -0.1) is 0 Å². The van der Waals surface area contributed by atoms with E-state index in [4.69, 9.17) is 4.74 Å². The van der Waals surface area contributed by atoms with Gasteiger partial charge in [-0.3, -0.25) is 9.59 Å². The maximum absolute atomic E-state index is 12.9. The average molecular weight is 415 g/mol. The van der Waals surface area contributed by atoms with E-state index in [2.05, 4.69) is 4.90 Å². The third kappa shape index (κ3) is 5.12. The summed E-state index contributed by atoms with van der Waals surface area (Å²) in [4.78, 5) is 28.5. The van der Waals surface area contributed by atoms with Crippen molar-refractivity contribution in [2.24, 2.45) is 0 Å². The van der Waals surface area contributed by atoms with Crippen LogP contribution < -0.4 is 9.64 Å². The number of nitrogens with zero attached hydrogens (tertiary/aromatic N) is 2. The fourth-order valence-corrected chi connectivity index (χ4v) is 3.68. The first-order chi connectivity index (χ1) is 15.1. The molecule has 0 spiro atoms. The molecule has 1 aliphatic heterocycles. The lowest BCUT2D eigenvalue weighted by atomic mass is 10.1. The van der Waals surface area contributed by atoms with Gasteiger partial charge in [-0.05, 0) is 61.0 Å². The molecule has 1 aliphatic rings. The number of ether oxygens (including phenoxy) is 1. The Labute approximate surface area is 182 Å². The number of anilines is 1. The van der Waals surface area contributed by atoms with E-state index in [0.29, 0.717) is 25.3 Å². The molecule has 0 atom stereocenters. The number of amides is 1. The van der Waals surface area contributed by atoms with Crippen molar-refractivity contribution in [3.8, 4) is 5.75 Å². The molecule has 5 nitrogen and oxygen atoms in total. The predicted molar refractivity (Wildman–Crippen MR) is 122 cm³/mol. The number of piperazine rings is 1. The number of Topliss-reactive ketones (excluding diaryl/α,β-unsaturated/α-hetero) is 1. The zero-order chi connectivity index (χ0) is 21.6. The molecule has 158 valence electrons. The van der Waals surface area contributed by atoms with Crippen LogP contribution in [-0.2, 0) is 6.61 Å². The molecule has 0 aliphatic carbocycles. The van der Waals surface area contributed by atoms with Gasteiger partial charge in [0.15, 0.2) is 5.78 Å². The van der Waals surface area contributed by atoms with E-state index in [-0.39, 0.29) is 11.7 Å². The van der Waals surface area contributed by atoms with Crippen molar-refractivity contribution < 1.29 is 14.3 Å². The molecule has 0 unspecified atom stereocenters. The minimum Gasteiger partial charge on any atom is -0.489 e. The summed E-state index contributed by atoms with van der Waals surface area (Å²) >= 11 is 0. The summed E-state index contributed by atoms with van der Waals surface area (Å²) in [5.41, 5.74) is 3.52. The molecule has 0 radical (unpaired) electrons. The molecule has 5 heteroatoms. The van der Waals surface area contributed by atoms with Crippen molar-refractivity contribution >= 4 is 17.4 Å². The minimum atomic E-state index is 0.0575. The van der Waals surface area contributed by atoms with E-state index in [1.807, 2.05) is 83.8 Å². The summed E-state index contributed by atoms with van der Waals surface area (Å²) < 4.78 is 5.76. The summed E-state index contributed by atoms with van der Waals surface area (Å²) in [6.45, 7) is 4.93. The van der Waals surface area contributed by atoms with E-state index in [0.717, 1.165) is 35.7 Å². The fourth-order valence-electron chi connectivity index (χ4n) is 3.68. The van der Waals surface area contributed by atoms with Crippen LogP contribution in [0, 0.1) is 0 Å². The lowest BCUT2D eigenvalue weighted by Crippen LogP contribution is -2.48. The van der Waals surface area contributed by atoms with Gasteiger partial charge in [0.25, 0.3) is 5.91 Å². The highest BCUT2D eigenvalue weighted by atomic mass is 16.5.